The molecule has 1 heterocycles. The number of hydrogen-bond donors (Lipinski definition) is 7. The van der Waals surface area contributed by atoms with E-state index < -0.39 is 60.5 Å². The Morgan fingerprint density at radius 2 is 1.84 bits per heavy atom. The molecule has 1 rings (SSSR count). The quantitative estimate of drug-likeness (QED) is 0.217. The summed E-state index contributed by atoms with van der Waals surface area (Å²) in [5, 5.41) is 67.8. The van der Waals surface area contributed by atoms with Crippen molar-refractivity contribution in [2.45, 2.75) is 55.8 Å². The molecule has 0 spiro atoms. The molecule has 0 aromatic carbocycles. The Kier molecular flexibility index (Phi) is 7.14. The third kappa shape index (κ3) is 4.21. The second-order valence-electron chi connectivity index (χ2n) is 5.55. The van der Waals surface area contributed by atoms with Gasteiger partial charge in [-0.05, 0) is 13.8 Å². The maximum atomic E-state index is 11.9. The van der Waals surface area contributed by atoms with Crippen LogP contribution in [0.15, 0.2) is 0 Å². The van der Waals surface area contributed by atoms with Gasteiger partial charge in [0.15, 0.2) is 0 Å². The largest absolute Gasteiger partial charge is 0.394 e. The highest BCUT2D eigenvalue weighted by atomic mass is 32.2. The minimum absolute atomic E-state index is 0.232. The average molecular weight is 388 g/mol. The summed E-state index contributed by atoms with van der Waals surface area (Å²) in [6.07, 6.45) is -9.40. The summed E-state index contributed by atoms with van der Waals surface area (Å²) in [7, 11) is 0. The van der Waals surface area contributed by atoms with Crippen LogP contribution in [0.1, 0.15) is 13.8 Å². The van der Waals surface area contributed by atoms with E-state index in [0.29, 0.717) is 6.92 Å². The topological polar surface area (TPSA) is 203 Å². The lowest BCUT2D eigenvalue weighted by Crippen LogP contribution is -2.74. The van der Waals surface area contributed by atoms with Crippen molar-refractivity contribution < 1.29 is 58.4 Å². The SMILES string of the molecule is CC(O)C(=O)OSOC(=O)C(C)(O)C1(O)O[C@H](CO)[C@@H](O)[C@H](O)[C@H]1O. The van der Waals surface area contributed by atoms with Crippen molar-refractivity contribution in [1.29, 1.82) is 0 Å². The van der Waals surface area contributed by atoms with Gasteiger partial charge in [-0.15, -0.1) is 0 Å². The molecule has 1 fully saturated rings. The van der Waals surface area contributed by atoms with E-state index in [1.807, 2.05) is 0 Å². The van der Waals surface area contributed by atoms with Crippen molar-refractivity contribution in [3.8, 4) is 0 Å². The van der Waals surface area contributed by atoms with E-state index in [4.69, 9.17) is 14.9 Å². The van der Waals surface area contributed by atoms with Crippen LogP contribution in [-0.4, -0.2) is 96.2 Å². The van der Waals surface area contributed by atoms with Crippen LogP contribution >= 0.6 is 12.3 Å². The van der Waals surface area contributed by atoms with Crippen LogP contribution in [0.4, 0.5) is 0 Å². The van der Waals surface area contributed by atoms with Gasteiger partial charge in [0, 0.05) is 0 Å². The first kappa shape index (κ1) is 22.0. The average Bonchev–Trinajstić information content (AvgIpc) is 2.55. The number of hydrogen-bond acceptors (Lipinski definition) is 13. The van der Waals surface area contributed by atoms with Gasteiger partial charge in [-0.25, -0.2) is 9.59 Å². The Morgan fingerprint density at radius 1 is 1.28 bits per heavy atom. The lowest BCUT2D eigenvalue weighted by atomic mass is 9.82. The smallest absolute Gasteiger partial charge is 0.358 e. The summed E-state index contributed by atoms with van der Waals surface area (Å²) in [4.78, 5) is 22.9. The highest BCUT2D eigenvalue weighted by Crippen LogP contribution is 2.37. The molecule has 3 unspecified atom stereocenters. The summed E-state index contributed by atoms with van der Waals surface area (Å²) in [5.74, 6) is -5.99. The molecule has 0 aromatic heterocycles. The predicted molar refractivity (Wildman–Crippen MR) is 77.0 cm³/mol. The molecule has 0 saturated carbocycles. The maximum Gasteiger partial charge on any atom is 0.358 e. The van der Waals surface area contributed by atoms with E-state index >= 15 is 0 Å². The minimum atomic E-state index is -3.18. The van der Waals surface area contributed by atoms with Crippen LogP contribution in [0.2, 0.25) is 0 Å². The van der Waals surface area contributed by atoms with Crippen molar-refractivity contribution in [2.75, 3.05) is 6.61 Å². The molecule has 0 aromatic rings. The fourth-order valence-electron chi connectivity index (χ4n) is 1.93. The fraction of sp³-hybridized carbons (Fsp3) is 0.833. The van der Waals surface area contributed by atoms with Crippen molar-refractivity contribution in [2.24, 2.45) is 0 Å². The maximum absolute atomic E-state index is 11.9. The fourth-order valence-corrected chi connectivity index (χ4v) is 2.40. The lowest BCUT2D eigenvalue weighted by Gasteiger charge is -2.49. The normalized spacial score (nSPS) is 36.2. The highest BCUT2D eigenvalue weighted by Gasteiger charge is 2.65. The van der Waals surface area contributed by atoms with Crippen LogP contribution < -0.4 is 0 Å². The number of aliphatic hydroxyl groups is 7. The second kappa shape index (κ2) is 8.11. The molecule has 1 aliphatic rings. The Bertz CT molecular complexity index is 494. The van der Waals surface area contributed by atoms with Gasteiger partial charge in [-0.3, -0.25) is 0 Å². The molecule has 0 radical (unpaired) electrons. The Hall–Kier alpha value is -1.03. The summed E-state index contributed by atoms with van der Waals surface area (Å²) in [6, 6.07) is 0. The summed E-state index contributed by atoms with van der Waals surface area (Å²) in [6.45, 7) is 0.825. The van der Waals surface area contributed by atoms with Gasteiger partial charge in [-0.2, -0.15) is 0 Å². The molecule has 0 aliphatic carbocycles. The van der Waals surface area contributed by atoms with E-state index in [1.165, 1.54) is 0 Å². The Morgan fingerprint density at radius 3 is 2.32 bits per heavy atom. The van der Waals surface area contributed by atoms with Crippen molar-refractivity contribution in [3.05, 3.63) is 0 Å². The van der Waals surface area contributed by atoms with Crippen LogP contribution in [-0.2, 0) is 22.7 Å². The van der Waals surface area contributed by atoms with Gasteiger partial charge in [0.05, 0.1) is 6.61 Å². The van der Waals surface area contributed by atoms with Gasteiger partial charge in [-0.1, -0.05) is 0 Å². The van der Waals surface area contributed by atoms with Gasteiger partial charge in [0.2, 0.25) is 11.4 Å². The van der Waals surface area contributed by atoms with E-state index in [1.54, 1.807) is 0 Å². The monoisotopic (exact) mass is 388 g/mol. The lowest BCUT2D eigenvalue weighted by molar-refractivity contribution is -0.390. The number of carbonyl (C=O) groups is 2. The summed E-state index contributed by atoms with van der Waals surface area (Å²) in [5.41, 5.74) is -3.02. The van der Waals surface area contributed by atoms with E-state index in [2.05, 4.69) is 8.37 Å². The van der Waals surface area contributed by atoms with Crippen molar-refractivity contribution >= 4 is 24.3 Å². The highest BCUT2D eigenvalue weighted by molar-refractivity contribution is 7.90. The minimum Gasteiger partial charge on any atom is -0.394 e. The molecule has 1 aliphatic heterocycles. The van der Waals surface area contributed by atoms with Gasteiger partial charge in [0.1, 0.15) is 30.5 Å². The zero-order valence-electron chi connectivity index (χ0n) is 13.2. The van der Waals surface area contributed by atoms with E-state index in [-0.39, 0.29) is 12.3 Å². The first-order valence-corrected chi connectivity index (χ1v) is 7.62. The third-order valence-corrected chi connectivity index (χ3v) is 4.08. The molecule has 0 amide bonds. The van der Waals surface area contributed by atoms with Crippen LogP contribution in [0.3, 0.4) is 0 Å². The van der Waals surface area contributed by atoms with Crippen molar-refractivity contribution in [1.82, 2.24) is 0 Å². The molecule has 13 heteroatoms. The molecule has 7 atom stereocenters. The van der Waals surface area contributed by atoms with E-state index in [0.717, 1.165) is 6.92 Å². The number of ether oxygens (including phenoxy) is 1. The first-order valence-electron chi connectivity index (χ1n) is 6.95. The Balaban J connectivity index is 2.90. The van der Waals surface area contributed by atoms with E-state index in [9.17, 15) is 35.1 Å². The van der Waals surface area contributed by atoms with Gasteiger partial charge in [0.25, 0.3) is 12.3 Å². The van der Waals surface area contributed by atoms with Gasteiger partial charge >= 0.3 is 11.9 Å². The standard InChI is InChI=1S/C12H20O12S/c1-4(14)9(18)23-25-24-10(19)11(2,20)12(21)8(17)7(16)6(15)5(3-13)22-12/h4-8,13-17,20-21H,3H2,1-2H3/t4?,5-,6-,7+,8-,11?,12?/m1/s1. The molecule has 1 saturated heterocycles. The number of carbonyl (C=O) groups excluding carboxylic acids is 2. The third-order valence-electron chi connectivity index (χ3n) is 3.63. The molecule has 0 bridgehead atoms. The molecular weight excluding hydrogens is 368 g/mol. The first-order chi connectivity index (χ1) is 11.4. The summed E-state index contributed by atoms with van der Waals surface area (Å²) < 4.78 is 13.4. The van der Waals surface area contributed by atoms with Crippen molar-refractivity contribution in [3.63, 3.8) is 0 Å². The molecular formula is C12H20O12S. The van der Waals surface area contributed by atoms with Crippen LogP contribution in [0, 0.1) is 0 Å². The zero-order chi connectivity index (χ0) is 19.6. The number of aliphatic hydroxyl groups excluding tert-OH is 5. The predicted octanol–water partition coefficient (Wildman–Crippen LogP) is -4.07. The number of rotatable bonds is 6. The van der Waals surface area contributed by atoms with Crippen LogP contribution in [0.5, 0.6) is 0 Å². The molecule has 12 nitrogen and oxygen atoms in total. The van der Waals surface area contributed by atoms with Gasteiger partial charge < -0.3 is 48.8 Å². The van der Waals surface area contributed by atoms with Crippen LogP contribution in [0.25, 0.3) is 0 Å². The zero-order valence-corrected chi connectivity index (χ0v) is 14.0. The molecule has 7 N–H and O–H groups in total. The Labute approximate surface area is 146 Å². The summed E-state index contributed by atoms with van der Waals surface area (Å²) >= 11 is -0.232. The molecule has 146 valence electrons. The second-order valence-corrected chi connectivity index (χ2v) is 6.02. The molecule has 25 heavy (non-hydrogen) atoms.